The second-order valence-electron chi connectivity index (χ2n) is 1.83. The van der Waals surface area contributed by atoms with Crippen molar-refractivity contribution >= 4 is 9.24 Å². The predicted octanol–water partition coefficient (Wildman–Crippen LogP) is 1.63. The van der Waals surface area contributed by atoms with Gasteiger partial charge in [0.25, 0.3) is 0 Å². The van der Waals surface area contributed by atoms with Gasteiger partial charge < -0.3 is 5.73 Å². The van der Waals surface area contributed by atoms with Gasteiger partial charge in [0.1, 0.15) is 0 Å². The van der Waals surface area contributed by atoms with Gasteiger partial charge in [0.2, 0.25) is 0 Å². The third-order valence-electron chi connectivity index (χ3n) is 1.07. The van der Waals surface area contributed by atoms with Gasteiger partial charge in [0, 0.05) is 5.70 Å². The molecule has 46 valence electrons. The first-order valence-corrected chi connectivity index (χ1v) is 3.01. The number of hydrogen-bond acceptors (Lipinski definition) is 1. The van der Waals surface area contributed by atoms with Crippen LogP contribution in [0.1, 0.15) is 13.8 Å². The van der Waals surface area contributed by atoms with Crippen molar-refractivity contribution in [3.63, 3.8) is 0 Å². The summed E-state index contributed by atoms with van der Waals surface area (Å²) < 4.78 is 0. The van der Waals surface area contributed by atoms with Crippen molar-refractivity contribution in [2.75, 3.05) is 0 Å². The van der Waals surface area contributed by atoms with Gasteiger partial charge in [-0.15, -0.1) is 9.24 Å². The van der Waals surface area contributed by atoms with E-state index in [2.05, 4.69) is 15.8 Å². The zero-order valence-corrected chi connectivity index (χ0v) is 6.52. The molecule has 0 aliphatic carbocycles. The molecule has 2 heteroatoms. The molecule has 0 radical (unpaired) electrons. The Kier molecular flexibility index (Phi) is 2.78. The van der Waals surface area contributed by atoms with Crippen LogP contribution >= 0.6 is 9.24 Å². The van der Waals surface area contributed by atoms with Crippen LogP contribution in [0.3, 0.4) is 0 Å². The molecule has 8 heavy (non-hydrogen) atoms. The quantitative estimate of drug-likeness (QED) is 0.422. The summed E-state index contributed by atoms with van der Waals surface area (Å²) in [7, 11) is 2.58. The van der Waals surface area contributed by atoms with Gasteiger partial charge in [-0.25, -0.2) is 0 Å². The minimum Gasteiger partial charge on any atom is -0.399 e. The van der Waals surface area contributed by atoms with E-state index in [4.69, 9.17) is 5.73 Å². The van der Waals surface area contributed by atoms with Gasteiger partial charge in [0.15, 0.2) is 0 Å². The van der Waals surface area contributed by atoms with E-state index >= 15 is 0 Å². The Hall–Kier alpha value is -0.290. The molecule has 0 rings (SSSR count). The smallest absolute Gasteiger partial charge is 0.0273 e. The SMILES string of the molecule is C=C(N)/C(C)=C(/C)P. The van der Waals surface area contributed by atoms with Gasteiger partial charge in [-0.1, -0.05) is 11.9 Å². The zero-order chi connectivity index (χ0) is 6.73. The van der Waals surface area contributed by atoms with Crippen molar-refractivity contribution in [1.82, 2.24) is 0 Å². The van der Waals surface area contributed by atoms with Crippen LogP contribution in [-0.4, -0.2) is 0 Å². The monoisotopic (exact) mass is 129 g/mol. The van der Waals surface area contributed by atoms with Crippen molar-refractivity contribution in [3.8, 4) is 0 Å². The maximum absolute atomic E-state index is 5.37. The molecule has 0 fully saturated rings. The Labute approximate surface area is 52.9 Å². The largest absolute Gasteiger partial charge is 0.399 e. The van der Waals surface area contributed by atoms with Crippen LogP contribution in [0.2, 0.25) is 0 Å². The van der Waals surface area contributed by atoms with E-state index in [0.29, 0.717) is 5.70 Å². The maximum atomic E-state index is 5.37. The summed E-state index contributed by atoms with van der Waals surface area (Å²) in [6, 6.07) is 0. The van der Waals surface area contributed by atoms with Crippen LogP contribution in [0.4, 0.5) is 0 Å². The first-order valence-electron chi connectivity index (χ1n) is 2.43. The Balaban J connectivity index is 4.23. The third kappa shape index (κ3) is 2.13. The van der Waals surface area contributed by atoms with Gasteiger partial charge in [0.05, 0.1) is 0 Å². The minimum atomic E-state index is 0.650. The van der Waals surface area contributed by atoms with Crippen LogP contribution < -0.4 is 5.73 Å². The summed E-state index contributed by atoms with van der Waals surface area (Å²) in [5.41, 5.74) is 7.09. The molecule has 0 aromatic carbocycles. The highest BCUT2D eigenvalue weighted by molar-refractivity contribution is 7.22. The number of hydrogen-bond donors (Lipinski definition) is 1. The standard InChI is InChI=1S/C6H12NP/c1-4(5(2)7)6(3)8/h2,7-8H2,1,3H3/b6-4-. The van der Waals surface area contributed by atoms with Crippen molar-refractivity contribution in [3.05, 3.63) is 23.2 Å². The summed E-state index contributed by atoms with van der Waals surface area (Å²) in [4.78, 5) is 0. The lowest BCUT2D eigenvalue weighted by Crippen LogP contribution is -1.95. The lowest BCUT2D eigenvalue weighted by atomic mass is 10.2. The van der Waals surface area contributed by atoms with Crippen LogP contribution in [0.15, 0.2) is 23.2 Å². The Morgan fingerprint density at radius 3 is 1.88 bits per heavy atom. The maximum Gasteiger partial charge on any atom is 0.0273 e. The van der Waals surface area contributed by atoms with Crippen LogP contribution in [-0.2, 0) is 0 Å². The average Bonchev–Trinajstić information content (AvgIpc) is 1.64. The highest BCUT2D eigenvalue weighted by Crippen LogP contribution is 2.13. The first-order chi connectivity index (χ1) is 3.55. The van der Waals surface area contributed by atoms with Gasteiger partial charge in [-0.2, -0.15) is 0 Å². The molecule has 0 aliphatic heterocycles. The first kappa shape index (κ1) is 7.71. The van der Waals surface area contributed by atoms with E-state index in [1.807, 2.05) is 13.8 Å². The summed E-state index contributed by atoms with van der Waals surface area (Å²) in [6.45, 7) is 7.52. The second-order valence-corrected chi connectivity index (χ2v) is 2.70. The molecule has 1 atom stereocenters. The van der Waals surface area contributed by atoms with Crippen molar-refractivity contribution in [2.45, 2.75) is 13.8 Å². The Morgan fingerprint density at radius 2 is 1.88 bits per heavy atom. The fraction of sp³-hybridized carbons (Fsp3) is 0.333. The Bertz CT molecular complexity index is 131. The molecule has 0 saturated carbocycles. The van der Waals surface area contributed by atoms with Crippen molar-refractivity contribution in [2.24, 2.45) is 5.73 Å². The van der Waals surface area contributed by atoms with E-state index in [-0.39, 0.29) is 0 Å². The molecule has 0 heterocycles. The van der Waals surface area contributed by atoms with Gasteiger partial charge in [-0.3, -0.25) is 0 Å². The molecule has 2 N–H and O–H groups in total. The van der Waals surface area contributed by atoms with Crippen molar-refractivity contribution < 1.29 is 0 Å². The molecule has 0 spiro atoms. The van der Waals surface area contributed by atoms with Crippen LogP contribution in [0, 0.1) is 0 Å². The fourth-order valence-electron chi connectivity index (χ4n) is 0.253. The highest BCUT2D eigenvalue weighted by atomic mass is 31.0. The van der Waals surface area contributed by atoms with Crippen molar-refractivity contribution in [1.29, 1.82) is 0 Å². The van der Waals surface area contributed by atoms with Crippen LogP contribution in [0.5, 0.6) is 0 Å². The minimum absolute atomic E-state index is 0.650. The molecule has 0 aromatic rings. The summed E-state index contributed by atoms with van der Waals surface area (Å²) >= 11 is 0. The lowest BCUT2D eigenvalue weighted by molar-refractivity contribution is 1.28. The molecule has 0 amide bonds. The van der Waals surface area contributed by atoms with E-state index in [1.54, 1.807) is 0 Å². The number of nitrogens with two attached hydrogens (primary N) is 1. The van der Waals surface area contributed by atoms with Gasteiger partial charge in [-0.05, 0) is 19.4 Å². The summed E-state index contributed by atoms with van der Waals surface area (Å²) in [6.07, 6.45) is 0. The number of rotatable bonds is 1. The molecule has 0 aliphatic rings. The zero-order valence-electron chi connectivity index (χ0n) is 5.36. The number of allylic oxidation sites excluding steroid dienone is 2. The molecule has 0 saturated heterocycles. The molecule has 1 nitrogen and oxygen atoms in total. The molecule has 1 unspecified atom stereocenters. The lowest BCUT2D eigenvalue weighted by Gasteiger charge is -1.99. The topological polar surface area (TPSA) is 26.0 Å². The van der Waals surface area contributed by atoms with E-state index < -0.39 is 0 Å². The molecule has 0 aromatic heterocycles. The van der Waals surface area contributed by atoms with Crippen LogP contribution in [0.25, 0.3) is 0 Å². The molecular weight excluding hydrogens is 117 g/mol. The Morgan fingerprint density at radius 1 is 1.50 bits per heavy atom. The van der Waals surface area contributed by atoms with E-state index in [9.17, 15) is 0 Å². The highest BCUT2D eigenvalue weighted by Gasteiger charge is 1.89. The predicted molar refractivity (Wildman–Crippen MR) is 41.4 cm³/mol. The second kappa shape index (κ2) is 2.88. The third-order valence-corrected chi connectivity index (χ3v) is 1.51. The van der Waals surface area contributed by atoms with E-state index in [0.717, 1.165) is 10.9 Å². The van der Waals surface area contributed by atoms with E-state index in [1.165, 1.54) is 0 Å². The molecule has 0 bridgehead atoms. The molecular formula is C6H12NP. The summed E-state index contributed by atoms with van der Waals surface area (Å²) in [5, 5.41) is 1.15. The fourth-order valence-corrected chi connectivity index (χ4v) is 0.439. The normalized spacial score (nSPS) is 12.9. The average molecular weight is 129 g/mol. The summed E-state index contributed by atoms with van der Waals surface area (Å²) in [5.74, 6) is 0. The van der Waals surface area contributed by atoms with Gasteiger partial charge >= 0.3 is 0 Å².